The van der Waals surface area contributed by atoms with Crippen LogP contribution in [0.5, 0.6) is 0 Å². The second-order valence-corrected chi connectivity index (χ2v) is 7.34. The molecule has 0 saturated carbocycles. The Bertz CT molecular complexity index is 1240. The summed E-state index contributed by atoms with van der Waals surface area (Å²) in [5, 5.41) is 14.6. The van der Waals surface area contributed by atoms with Gasteiger partial charge in [0.1, 0.15) is 11.3 Å². The SMILES string of the molecule is CO[C@H](CNc1cc[nH]c(=O)c1-c1ncc(-c2ccccc2)n1O)c1cccc(Cl)c1. The van der Waals surface area contributed by atoms with Gasteiger partial charge in [0.15, 0.2) is 5.82 Å². The smallest absolute Gasteiger partial charge is 0.261 e. The zero-order valence-electron chi connectivity index (χ0n) is 16.7. The number of methoxy groups -OCH3 is 1. The summed E-state index contributed by atoms with van der Waals surface area (Å²) >= 11 is 6.10. The highest BCUT2D eigenvalue weighted by Gasteiger charge is 2.20. The largest absolute Gasteiger partial charge is 0.426 e. The maximum Gasteiger partial charge on any atom is 0.261 e. The molecule has 31 heavy (non-hydrogen) atoms. The van der Waals surface area contributed by atoms with Crippen molar-refractivity contribution in [2.24, 2.45) is 0 Å². The summed E-state index contributed by atoms with van der Waals surface area (Å²) in [6.45, 7) is 0.380. The first kappa shape index (κ1) is 20.7. The van der Waals surface area contributed by atoms with Crippen molar-refractivity contribution in [1.82, 2.24) is 14.7 Å². The minimum atomic E-state index is -0.373. The number of nitrogens with one attached hydrogen (secondary N) is 2. The molecule has 0 bridgehead atoms. The van der Waals surface area contributed by atoms with Gasteiger partial charge < -0.3 is 20.2 Å². The van der Waals surface area contributed by atoms with E-state index in [1.165, 1.54) is 12.4 Å². The van der Waals surface area contributed by atoms with E-state index < -0.39 is 0 Å². The zero-order valence-corrected chi connectivity index (χ0v) is 17.5. The highest BCUT2D eigenvalue weighted by Crippen LogP contribution is 2.28. The third-order valence-electron chi connectivity index (χ3n) is 4.97. The van der Waals surface area contributed by atoms with Crippen LogP contribution < -0.4 is 10.9 Å². The fraction of sp³-hybridized carbons (Fsp3) is 0.130. The Morgan fingerprint density at radius 1 is 1.19 bits per heavy atom. The topological polar surface area (TPSA) is 92.2 Å². The van der Waals surface area contributed by atoms with E-state index >= 15 is 0 Å². The molecule has 0 amide bonds. The van der Waals surface area contributed by atoms with Crippen molar-refractivity contribution in [1.29, 1.82) is 0 Å². The average molecular weight is 437 g/mol. The lowest BCUT2D eigenvalue weighted by Gasteiger charge is -2.18. The van der Waals surface area contributed by atoms with E-state index in [0.29, 0.717) is 22.9 Å². The molecule has 0 saturated heterocycles. The van der Waals surface area contributed by atoms with E-state index in [1.807, 2.05) is 48.5 Å². The van der Waals surface area contributed by atoms with Crippen LogP contribution in [0.25, 0.3) is 22.6 Å². The zero-order chi connectivity index (χ0) is 21.8. The lowest BCUT2D eigenvalue weighted by Crippen LogP contribution is -2.19. The Morgan fingerprint density at radius 3 is 2.74 bits per heavy atom. The molecule has 4 rings (SSSR count). The molecule has 0 unspecified atom stereocenters. The number of imidazole rings is 1. The average Bonchev–Trinajstić information content (AvgIpc) is 3.16. The number of halogens is 1. The van der Waals surface area contributed by atoms with Gasteiger partial charge in [-0.05, 0) is 23.8 Å². The predicted molar refractivity (Wildman–Crippen MR) is 121 cm³/mol. The fourth-order valence-corrected chi connectivity index (χ4v) is 3.62. The molecule has 8 heteroatoms. The van der Waals surface area contributed by atoms with Gasteiger partial charge in [-0.1, -0.05) is 54.1 Å². The molecule has 0 spiro atoms. The van der Waals surface area contributed by atoms with Crippen LogP contribution in [0.3, 0.4) is 0 Å². The molecule has 0 aliphatic carbocycles. The number of nitrogens with zero attached hydrogens (tertiary/aromatic N) is 2. The lowest BCUT2D eigenvalue weighted by atomic mass is 10.1. The van der Waals surface area contributed by atoms with Crippen LogP contribution >= 0.6 is 11.6 Å². The molecule has 0 radical (unpaired) electrons. The number of pyridine rings is 1. The second kappa shape index (κ2) is 9.07. The summed E-state index contributed by atoms with van der Waals surface area (Å²) in [6, 6.07) is 18.5. The first-order valence-corrected chi connectivity index (χ1v) is 10.0. The Kier molecular flexibility index (Phi) is 6.06. The summed E-state index contributed by atoms with van der Waals surface area (Å²) in [6.07, 6.45) is 2.78. The second-order valence-electron chi connectivity index (χ2n) is 6.90. The van der Waals surface area contributed by atoms with Crippen molar-refractivity contribution in [2.75, 3.05) is 19.0 Å². The van der Waals surface area contributed by atoms with Gasteiger partial charge in [-0.25, -0.2) is 4.98 Å². The van der Waals surface area contributed by atoms with E-state index in [9.17, 15) is 10.0 Å². The molecule has 1 atom stereocenters. The van der Waals surface area contributed by atoms with Gasteiger partial charge in [0.05, 0.1) is 18.0 Å². The molecular formula is C23H21ClN4O3. The summed E-state index contributed by atoms with van der Waals surface area (Å²) in [5.41, 5.74) is 2.55. The molecule has 4 aromatic rings. The number of benzene rings is 2. The van der Waals surface area contributed by atoms with Crippen LogP contribution in [0.15, 0.2) is 77.9 Å². The van der Waals surface area contributed by atoms with E-state index in [-0.39, 0.29) is 23.1 Å². The number of aromatic nitrogens is 3. The number of ether oxygens (including phenoxy) is 1. The van der Waals surface area contributed by atoms with Gasteiger partial charge in [0.25, 0.3) is 5.56 Å². The molecule has 2 heterocycles. The van der Waals surface area contributed by atoms with Crippen LogP contribution in [-0.2, 0) is 4.74 Å². The van der Waals surface area contributed by atoms with Crippen LogP contribution in [0.2, 0.25) is 5.02 Å². The highest BCUT2D eigenvalue weighted by atomic mass is 35.5. The van der Waals surface area contributed by atoms with E-state index in [0.717, 1.165) is 15.9 Å². The standard InChI is InChI=1S/C23H21ClN4O3/c1-31-20(16-8-5-9-17(24)12-16)14-26-18-10-11-25-23(29)21(18)22-27-13-19(28(22)30)15-6-3-2-4-7-15/h2-13,20,30H,14H2,1H3,(H2,25,26,29)/t20-/m1/s1. The summed E-state index contributed by atoms with van der Waals surface area (Å²) < 4.78 is 6.52. The fourth-order valence-electron chi connectivity index (χ4n) is 3.42. The van der Waals surface area contributed by atoms with Crippen LogP contribution in [0.1, 0.15) is 11.7 Å². The minimum Gasteiger partial charge on any atom is -0.426 e. The van der Waals surface area contributed by atoms with Crippen molar-refractivity contribution in [2.45, 2.75) is 6.10 Å². The monoisotopic (exact) mass is 436 g/mol. The molecule has 7 nitrogen and oxygen atoms in total. The van der Waals surface area contributed by atoms with Gasteiger partial charge in [-0.2, -0.15) is 4.73 Å². The Balaban J connectivity index is 1.66. The first-order chi connectivity index (χ1) is 15.1. The molecule has 0 fully saturated rings. The van der Waals surface area contributed by atoms with Gasteiger partial charge in [-0.15, -0.1) is 0 Å². The van der Waals surface area contributed by atoms with E-state index in [4.69, 9.17) is 16.3 Å². The number of hydrogen-bond acceptors (Lipinski definition) is 5. The summed E-state index contributed by atoms with van der Waals surface area (Å²) in [5.74, 6) is 0.139. The minimum absolute atomic E-state index is 0.139. The number of rotatable bonds is 7. The van der Waals surface area contributed by atoms with Crippen molar-refractivity contribution in [3.05, 3.63) is 94.0 Å². The van der Waals surface area contributed by atoms with Crippen LogP contribution in [-0.4, -0.2) is 33.6 Å². The molecule has 3 N–H and O–H groups in total. The van der Waals surface area contributed by atoms with Gasteiger partial charge in [-0.3, -0.25) is 4.79 Å². The Hall–Kier alpha value is -3.55. The molecule has 0 aliphatic rings. The van der Waals surface area contributed by atoms with Crippen molar-refractivity contribution < 1.29 is 9.94 Å². The van der Waals surface area contributed by atoms with Crippen molar-refractivity contribution >= 4 is 17.3 Å². The van der Waals surface area contributed by atoms with Gasteiger partial charge in [0, 0.05) is 30.4 Å². The number of anilines is 1. The highest BCUT2D eigenvalue weighted by molar-refractivity contribution is 6.30. The van der Waals surface area contributed by atoms with Crippen molar-refractivity contribution in [3.63, 3.8) is 0 Å². The van der Waals surface area contributed by atoms with Crippen LogP contribution in [0.4, 0.5) is 5.69 Å². The van der Waals surface area contributed by atoms with Gasteiger partial charge >= 0.3 is 0 Å². The maximum atomic E-state index is 12.7. The Labute approximate surface area is 183 Å². The number of H-pyrrole nitrogens is 1. The van der Waals surface area contributed by atoms with Crippen LogP contribution in [0, 0.1) is 0 Å². The molecule has 0 aliphatic heterocycles. The third kappa shape index (κ3) is 4.33. The Morgan fingerprint density at radius 2 is 2.00 bits per heavy atom. The molecule has 2 aromatic heterocycles. The quantitative estimate of drug-likeness (QED) is 0.368. The molecular weight excluding hydrogens is 416 g/mol. The van der Waals surface area contributed by atoms with Gasteiger partial charge in [0.2, 0.25) is 0 Å². The van der Waals surface area contributed by atoms with Crippen molar-refractivity contribution in [3.8, 4) is 22.6 Å². The number of aromatic amines is 1. The lowest BCUT2D eigenvalue weighted by molar-refractivity contribution is 0.114. The van der Waals surface area contributed by atoms with E-state index in [1.54, 1.807) is 19.2 Å². The molecule has 158 valence electrons. The molecule has 2 aromatic carbocycles. The summed E-state index contributed by atoms with van der Waals surface area (Å²) in [7, 11) is 1.61. The number of hydrogen-bond donors (Lipinski definition) is 3. The predicted octanol–water partition coefficient (Wildman–Crippen LogP) is 4.60. The first-order valence-electron chi connectivity index (χ1n) is 9.65. The summed E-state index contributed by atoms with van der Waals surface area (Å²) in [4.78, 5) is 19.6. The maximum absolute atomic E-state index is 12.7. The van der Waals surface area contributed by atoms with E-state index in [2.05, 4.69) is 15.3 Å². The normalized spacial score (nSPS) is 11.9. The third-order valence-corrected chi connectivity index (χ3v) is 5.21.